The Labute approximate surface area is 106 Å². The summed E-state index contributed by atoms with van der Waals surface area (Å²) >= 11 is 0. The molecule has 0 saturated heterocycles. The molecule has 0 aliphatic heterocycles. The summed E-state index contributed by atoms with van der Waals surface area (Å²) < 4.78 is 6.47. The number of carboxylic acids is 1. The largest absolute Gasteiger partial charge is 0.481 e. The summed E-state index contributed by atoms with van der Waals surface area (Å²) in [6, 6.07) is 0. The van der Waals surface area contributed by atoms with Gasteiger partial charge in [0.05, 0.1) is 25.3 Å². The number of aromatic nitrogens is 2. The number of carboxylic acid groups (broad SMARTS) is 1. The second-order valence-electron chi connectivity index (χ2n) is 4.18. The minimum atomic E-state index is -0.977. The average molecular weight is 254 g/mol. The summed E-state index contributed by atoms with van der Waals surface area (Å²) in [5.41, 5.74) is 0.810. The highest BCUT2D eigenvalue weighted by atomic mass is 16.5. The minimum Gasteiger partial charge on any atom is -0.481 e. The summed E-state index contributed by atoms with van der Waals surface area (Å²) in [5, 5.41) is 9.16. The van der Waals surface area contributed by atoms with Crippen molar-refractivity contribution in [3.05, 3.63) is 18.2 Å². The molecule has 0 aliphatic carbocycles. The number of imidazole rings is 1. The monoisotopic (exact) mass is 254 g/mol. The van der Waals surface area contributed by atoms with E-state index in [0.717, 1.165) is 5.69 Å². The van der Waals surface area contributed by atoms with Gasteiger partial charge in [-0.3, -0.25) is 9.59 Å². The second-order valence-corrected chi connectivity index (χ2v) is 4.18. The van der Waals surface area contributed by atoms with Crippen LogP contribution in [0.4, 0.5) is 0 Å². The maximum atomic E-state index is 11.7. The van der Waals surface area contributed by atoms with E-state index in [0.29, 0.717) is 12.8 Å². The first-order valence-corrected chi connectivity index (χ1v) is 5.77. The lowest BCUT2D eigenvalue weighted by Gasteiger charge is -2.20. The number of rotatable bonds is 6. The molecule has 0 radical (unpaired) electrons. The first-order chi connectivity index (χ1) is 8.51. The number of aliphatic carboxylic acids is 1. The van der Waals surface area contributed by atoms with Crippen molar-refractivity contribution in [2.45, 2.75) is 19.8 Å². The van der Waals surface area contributed by atoms with Crippen molar-refractivity contribution < 1.29 is 19.4 Å². The smallest absolute Gasteiger partial charge is 0.309 e. The molecular weight excluding hydrogens is 236 g/mol. The number of nitrogens with zero attached hydrogens (tertiary/aromatic N) is 2. The summed E-state index contributed by atoms with van der Waals surface area (Å²) in [5.74, 6) is -2.90. The summed E-state index contributed by atoms with van der Waals surface area (Å²) in [6.07, 6.45) is 3.94. The fourth-order valence-corrected chi connectivity index (χ4v) is 1.98. The topological polar surface area (TPSA) is 81.4 Å². The van der Waals surface area contributed by atoms with Gasteiger partial charge in [0.25, 0.3) is 0 Å². The number of carbonyl (C=O) groups excluding carboxylic acids is 1. The van der Waals surface area contributed by atoms with E-state index in [-0.39, 0.29) is 0 Å². The molecule has 1 N–H and O–H groups in total. The Hall–Kier alpha value is -1.85. The zero-order valence-corrected chi connectivity index (χ0v) is 10.8. The molecule has 1 heterocycles. The van der Waals surface area contributed by atoms with Crippen LogP contribution in [-0.2, 0) is 27.8 Å². The summed E-state index contributed by atoms with van der Waals surface area (Å²) in [7, 11) is 3.07. The number of ether oxygens (including phenoxy) is 1. The Morgan fingerprint density at radius 1 is 1.50 bits per heavy atom. The van der Waals surface area contributed by atoms with Gasteiger partial charge >= 0.3 is 11.9 Å². The molecule has 0 amide bonds. The summed E-state index contributed by atoms with van der Waals surface area (Å²) in [6.45, 7) is 1.75. The van der Waals surface area contributed by atoms with Gasteiger partial charge in [0.2, 0.25) is 0 Å². The first-order valence-electron chi connectivity index (χ1n) is 5.77. The molecule has 0 aromatic carbocycles. The van der Waals surface area contributed by atoms with E-state index in [9.17, 15) is 9.59 Å². The van der Waals surface area contributed by atoms with Crippen molar-refractivity contribution in [3.8, 4) is 0 Å². The third-order valence-electron chi connectivity index (χ3n) is 3.09. The predicted octanol–water partition coefficient (Wildman–Crippen LogP) is 0.863. The normalized spacial score (nSPS) is 13.9. The molecule has 0 spiro atoms. The van der Waals surface area contributed by atoms with Crippen LogP contribution in [-0.4, -0.2) is 33.7 Å². The molecular formula is C12H18N2O4. The molecule has 2 atom stereocenters. The standard InChI is InChI=1S/C12H18N2O4/c1-4-9(11(15)16)10(12(17)18-3)5-8-6-13-7-14(8)2/h6-7,9-10H,4-5H2,1-3H3,(H,15,16)/t9-,10?/m1/s1. The van der Waals surface area contributed by atoms with Crippen LogP contribution in [0.2, 0.25) is 0 Å². The zero-order chi connectivity index (χ0) is 13.7. The van der Waals surface area contributed by atoms with Gasteiger partial charge in [0.15, 0.2) is 0 Å². The number of methoxy groups -OCH3 is 1. The lowest BCUT2D eigenvalue weighted by Crippen LogP contribution is -2.32. The minimum absolute atomic E-state index is 0.313. The molecule has 100 valence electrons. The maximum Gasteiger partial charge on any atom is 0.309 e. The number of carbonyl (C=O) groups is 2. The number of aryl methyl sites for hydroxylation is 1. The fourth-order valence-electron chi connectivity index (χ4n) is 1.98. The third kappa shape index (κ3) is 3.09. The quantitative estimate of drug-likeness (QED) is 0.761. The Morgan fingerprint density at radius 2 is 2.17 bits per heavy atom. The van der Waals surface area contributed by atoms with Gasteiger partial charge in [-0.1, -0.05) is 6.92 Å². The second kappa shape index (κ2) is 6.18. The van der Waals surface area contributed by atoms with Crippen LogP contribution in [0.1, 0.15) is 19.0 Å². The Morgan fingerprint density at radius 3 is 2.56 bits per heavy atom. The van der Waals surface area contributed by atoms with E-state index >= 15 is 0 Å². The molecule has 1 unspecified atom stereocenters. The Kier molecular flexibility index (Phi) is 4.88. The van der Waals surface area contributed by atoms with E-state index in [4.69, 9.17) is 9.84 Å². The predicted molar refractivity (Wildman–Crippen MR) is 63.8 cm³/mol. The third-order valence-corrected chi connectivity index (χ3v) is 3.09. The molecule has 1 aromatic rings. The van der Waals surface area contributed by atoms with E-state index in [2.05, 4.69) is 4.98 Å². The van der Waals surface area contributed by atoms with E-state index in [1.54, 1.807) is 31.1 Å². The molecule has 18 heavy (non-hydrogen) atoms. The van der Waals surface area contributed by atoms with Gasteiger partial charge in [0, 0.05) is 25.4 Å². The van der Waals surface area contributed by atoms with E-state index in [1.807, 2.05) is 0 Å². The van der Waals surface area contributed by atoms with Crippen LogP contribution in [0.25, 0.3) is 0 Å². The van der Waals surface area contributed by atoms with Crippen LogP contribution < -0.4 is 0 Å². The molecule has 0 fully saturated rings. The molecule has 0 aliphatic rings. The van der Waals surface area contributed by atoms with Crippen LogP contribution in [0.3, 0.4) is 0 Å². The van der Waals surface area contributed by atoms with Gasteiger partial charge in [-0.25, -0.2) is 4.98 Å². The Balaban J connectivity index is 2.95. The van der Waals surface area contributed by atoms with Crippen LogP contribution >= 0.6 is 0 Å². The SMILES string of the molecule is CC[C@@H](C(=O)O)C(Cc1cncn1C)C(=O)OC. The van der Waals surface area contributed by atoms with E-state index in [1.165, 1.54) is 7.11 Å². The van der Waals surface area contributed by atoms with Gasteiger partial charge < -0.3 is 14.4 Å². The van der Waals surface area contributed by atoms with Gasteiger partial charge in [-0.15, -0.1) is 0 Å². The van der Waals surface area contributed by atoms with Gasteiger partial charge in [-0.05, 0) is 6.42 Å². The maximum absolute atomic E-state index is 11.7. The van der Waals surface area contributed by atoms with E-state index < -0.39 is 23.8 Å². The van der Waals surface area contributed by atoms with Crippen molar-refractivity contribution in [2.75, 3.05) is 7.11 Å². The highest BCUT2D eigenvalue weighted by Crippen LogP contribution is 2.22. The van der Waals surface area contributed by atoms with Crippen LogP contribution in [0, 0.1) is 11.8 Å². The average Bonchev–Trinajstić information content (AvgIpc) is 2.73. The Bertz CT molecular complexity index is 427. The fraction of sp³-hybridized carbons (Fsp3) is 0.583. The first kappa shape index (κ1) is 14.2. The van der Waals surface area contributed by atoms with Crippen molar-refractivity contribution in [3.63, 3.8) is 0 Å². The number of hydrogen-bond donors (Lipinski definition) is 1. The van der Waals surface area contributed by atoms with Crippen molar-refractivity contribution in [1.29, 1.82) is 0 Å². The lowest BCUT2D eigenvalue weighted by molar-refractivity contribution is -0.156. The van der Waals surface area contributed by atoms with Crippen LogP contribution in [0.5, 0.6) is 0 Å². The number of hydrogen-bond acceptors (Lipinski definition) is 4. The van der Waals surface area contributed by atoms with Gasteiger partial charge in [-0.2, -0.15) is 0 Å². The summed E-state index contributed by atoms with van der Waals surface area (Å²) in [4.78, 5) is 26.9. The molecule has 1 aromatic heterocycles. The highest BCUT2D eigenvalue weighted by molar-refractivity contribution is 5.81. The van der Waals surface area contributed by atoms with Crippen molar-refractivity contribution >= 4 is 11.9 Å². The highest BCUT2D eigenvalue weighted by Gasteiger charge is 2.33. The number of esters is 1. The van der Waals surface area contributed by atoms with Crippen molar-refractivity contribution in [1.82, 2.24) is 9.55 Å². The lowest BCUT2D eigenvalue weighted by atomic mass is 9.86. The molecule has 0 bridgehead atoms. The molecule has 6 nitrogen and oxygen atoms in total. The molecule has 6 heteroatoms. The molecule has 0 saturated carbocycles. The van der Waals surface area contributed by atoms with Crippen molar-refractivity contribution in [2.24, 2.45) is 18.9 Å². The zero-order valence-electron chi connectivity index (χ0n) is 10.8. The van der Waals surface area contributed by atoms with Gasteiger partial charge in [0.1, 0.15) is 0 Å². The van der Waals surface area contributed by atoms with Crippen LogP contribution in [0.15, 0.2) is 12.5 Å². The molecule has 1 rings (SSSR count).